The second-order valence-electron chi connectivity index (χ2n) is 5.60. The lowest BCUT2D eigenvalue weighted by Gasteiger charge is -2.23. The fourth-order valence-corrected chi connectivity index (χ4v) is 1.92. The van der Waals surface area contributed by atoms with Crippen molar-refractivity contribution in [2.75, 3.05) is 19.0 Å². The number of benzene rings is 1. The average molecular weight is 244 g/mol. The summed E-state index contributed by atoms with van der Waals surface area (Å²) in [5, 5.41) is 2.22. The summed E-state index contributed by atoms with van der Waals surface area (Å²) in [7, 11) is 4.06. The monoisotopic (exact) mass is 244 g/mol. The smallest absolute Gasteiger partial charge is 0.223 e. The fraction of sp³-hybridized carbons (Fsp3) is 0.400. The highest BCUT2D eigenvalue weighted by atomic mass is 16.5. The molecule has 1 heterocycles. The predicted molar refractivity (Wildman–Crippen MR) is 76.5 cm³/mol. The third-order valence-electron chi connectivity index (χ3n) is 2.62. The Balaban J connectivity index is 2.66. The van der Waals surface area contributed by atoms with E-state index in [-0.39, 0.29) is 5.60 Å². The number of ether oxygens (including phenoxy) is 1. The Hall–Kier alpha value is -1.77. The molecule has 96 valence electrons. The van der Waals surface area contributed by atoms with Gasteiger partial charge in [0.15, 0.2) is 0 Å². The van der Waals surface area contributed by atoms with Gasteiger partial charge < -0.3 is 9.64 Å². The maximum atomic E-state index is 5.97. The van der Waals surface area contributed by atoms with E-state index in [1.54, 1.807) is 6.20 Å². The zero-order valence-electron chi connectivity index (χ0n) is 11.7. The summed E-state index contributed by atoms with van der Waals surface area (Å²) in [6.45, 7) is 6.10. The van der Waals surface area contributed by atoms with Gasteiger partial charge in [0.1, 0.15) is 5.60 Å². The van der Waals surface area contributed by atoms with Crippen molar-refractivity contribution in [2.45, 2.75) is 26.4 Å². The van der Waals surface area contributed by atoms with Crippen LogP contribution in [0.2, 0.25) is 0 Å². The van der Waals surface area contributed by atoms with Crippen LogP contribution in [0.3, 0.4) is 0 Å². The Morgan fingerprint density at radius 1 is 1.11 bits per heavy atom. The standard InChI is InChI=1S/C15H20N2O/c1-15(2,3)18-14-13-11(9-10-16-14)7-6-8-12(13)17(4)5/h6-10H,1-5H3. The van der Waals surface area contributed by atoms with Gasteiger partial charge >= 0.3 is 0 Å². The van der Waals surface area contributed by atoms with E-state index in [1.807, 2.05) is 40.9 Å². The van der Waals surface area contributed by atoms with E-state index in [1.165, 1.54) is 0 Å². The summed E-state index contributed by atoms with van der Waals surface area (Å²) >= 11 is 0. The molecule has 0 N–H and O–H groups in total. The summed E-state index contributed by atoms with van der Waals surface area (Å²) in [6.07, 6.45) is 1.79. The minimum absolute atomic E-state index is 0.249. The number of rotatable bonds is 2. The van der Waals surface area contributed by atoms with Gasteiger partial charge in [0.2, 0.25) is 5.88 Å². The lowest BCUT2D eigenvalue weighted by molar-refractivity contribution is 0.126. The van der Waals surface area contributed by atoms with E-state index in [2.05, 4.69) is 28.1 Å². The van der Waals surface area contributed by atoms with Crippen molar-refractivity contribution < 1.29 is 4.74 Å². The number of hydrogen-bond donors (Lipinski definition) is 0. The molecule has 0 aliphatic rings. The van der Waals surface area contributed by atoms with Crippen LogP contribution in [0.5, 0.6) is 5.88 Å². The lowest BCUT2D eigenvalue weighted by Crippen LogP contribution is -2.24. The van der Waals surface area contributed by atoms with Crippen LogP contribution in [-0.4, -0.2) is 24.7 Å². The molecular formula is C15H20N2O. The molecule has 0 aliphatic carbocycles. The minimum atomic E-state index is -0.249. The molecular weight excluding hydrogens is 224 g/mol. The molecule has 3 nitrogen and oxygen atoms in total. The molecule has 0 fully saturated rings. The molecule has 0 saturated heterocycles. The van der Waals surface area contributed by atoms with E-state index >= 15 is 0 Å². The Morgan fingerprint density at radius 3 is 2.44 bits per heavy atom. The highest BCUT2D eigenvalue weighted by molar-refractivity contribution is 5.97. The quantitative estimate of drug-likeness (QED) is 0.808. The van der Waals surface area contributed by atoms with Crippen molar-refractivity contribution in [2.24, 2.45) is 0 Å². The number of pyridine rings is 1. The molecule has 0 atom stereocenters. The van der Waals surface area contributed by atoms with Crippen LogP contribution in [0.15, 0.2) is 30.5 Å². The molecule has 0 spiro atoms. The van der Waals surface area contributed by atoms with Crippen molar-refractivity contribution in [1.82, 2.24) is 4.98 Å². The number of anilines is 1. The lowest BCUT2D eigenvalue weighted by atomic mass is 10.1. The van der Waals surface area contributed by atoms with Crippen LogP contribution in [-0.2, 0) is 0 Å². The molecule has 0 bridgehead atoms. The summed E-state index contributed by atoms with van der Waals surface area (Å²) in [6, 6.07) is 8.23. The summed E-state index contributed by atoms with van der Waals surface area (Å²) < 4.78 is 5.97. The molecule has 18 heavy (non-hydrogen) atoms. The second-order valence-corrected chi connectivity index (χ2v) is 5.60. The zero-order chi connectivity index (χ0) is 13.3. The maximum Gasteiger partial charge on any atom is 0.223 e. The zero-order valence-corrected chi connectivity index (χ0v) is 11.7. The Bertz CT molecular complexity index is 551. The first-order valence-corrected chi connectivity index (χ1v) is 6.12. The minimum Gasteiger partial charge on any atom is -0.471 e. The average Bonchev–Trinajstić information content (AvgIpc) is 2.26. The van der Waals surface area contributed by atoms with E-state index in [0.29, 0.717) is 5.88 Å². The number of aromatic nitrogens is 1. The summed E-state index contributed by atoms with van der Waals surface area (Å²) in [5.41, 5.74) is 0.876. The van der Waals surface area contributed by atoms with Gasteiger partial charge in [0, 0.05) is 26.0 Å². The van der Waals surface area contributed by atoms with Gasteiger partial charge in [-0.1, -0.05) is 12.1 Å². The van der Waals surface area contributed by atoms with E-state index < -0.39 is 0 Å². The van der Waals surface area contributed by atoms with Crippen LogP contribution in [0.4, 0.5) is 5.69 Å². The van der Waals surface area contributed by atoms with E-state index in [0.717, 1.165) is 16.5 Å². The van der Waals surface area contributed by atoms with Gasteiger partial charge in [0.25, 0.3) is 0 Å². The molecule has 0 aliphatic heterocycles. The van der Waals surface area contributed by atoms with Crippen molar-refractivity contribution >= 4 is 16.5 Å². The summed E-state index contributed by atoms with van der Waals surface area (Å²) in [5.74, 6) is 0.698. The SMILES string of the molecule is CN(C)c1cccc2ccnc(OC(C)(C)C)c12. The normalized spacial score (nSPS) is 11.6. The first-order chi connectivity index (χ1) is 8.38. The topological polar surface area (TPSA) is 25.4 Å². The molecule has 1 aromatic carbocycles. The van der Waals surface area contributed by atoms with Gasteiger partial charge in [-0.25, -0.2) is 4.98 Å². The molecule has 0 unspecified atom stereocenters. The van der Waals surface area contributed by atoms with Crippen LogP contribution < -0.4 is 9.64 Å². The molecule has 2 aromatic rings. The number of fused-ring (bicyclic) bond motifs is 1. The maximum absolute atomic E-state index is 5.97. The highest BCUT2D eigenvalue weighted by Gasteiger charge is 2.17. The van der Waals surface area contributed by atoms with Gasteiger partial charge in [-0.15, -0.1) is 0 Å². The number of hydrogen-bond acceptors (Lipinski definition) is 3. The van der Waals surface area contributed by atoms with Gasteiger partial charge in [-0.05, 0) is 38.3 Å². The second kappa shape index (κ2) is 4.48. The van der Waals surface area contributed by atoms with Crippen LogP contribution in [0.1, 0.15) is 20.8 Å². The Kier molecular flexibility index (Phi) is 3.16. The van der Waals surface area contributed by atoms with Crippen molar-refractivity contribution in [1.29, 1.82) is 0 Å². The number of nitrogens with zero attached hydrogens (tertiary/aromatic N) is 2. The van der Waals surface area contributed by atoms with Crippen molar-refractivity contribution in [3.63, 3.8) is 0 Å². The highest BCUT2D eigenvalue weighted by Crippen LogP contribution is 2.33. The molecule has 1 aromatic heterocycles. The molecule has 0 saturated carbocycles. The first kappa shape index (κ1) is 12.7. The first-order valence-electron chi connectivity index (χ1n) is 6.12. The van der Waals surface area contributed by atoms with Gasteiger partial charge in [-0.3, -0.25) is 0 Å². The largest absolute Gasteiger partial charge is 0.471 e. The van der Waals surface area contributed by atoms with Crippen molar-refractivity contribution in [3.05, 3.63) is 30.5 Å². The Labute approximate surface area is 108 Å². The van der Waals surface area contributed by atoms with Crippen LogP contribution in [0.25, 0.3) is 10.8 Å². The molecule has 3 heteroatoms. The third-order valence-corrected chi connectivity index (χ3v) is 2.62. The van der Waals surface area contributed by atoms with E-state index in [9.17, 15) is 0 Å². The summed E-state index contributed by atoms with van der Waals surface area (Å²) in [4.78, 5) is 6.47. The van der Waals surface area contributed by atoms with Crippen LogP contribution in [0, 0.1) is 0 Å². The fourth-order valence-electron chi connectivity index (χ4n) is 1.92. The Morgan fingerprint density at radius 2 is 1.83 bits per heavy atom. The molecule has 0 radical (unpaired) electrons. The molecule has 0 amide bonds. The third kappa shape index (κ3) is 2.55. The van der Waals surface area contributed by atoms with Gasteiger partial charge in [-0.2, -0.15) is 0 Å². The van der Waals surface area contributed by atoms with Gasteiger partial charge in [0.05, 0.1) is 5.39 Å². The predicted octanol–water partition coefficient (Wildman–Crippen LogP) is 3.48. The van der Waals surface area contributed by atoms with Crippen molar-refractivity contribution in [3.8, 4) is 5.88 Å². The van der Waals surface area contributed by atoms with Crippen LogP contribution >= 0.6 is 0 Å². The van der Waals surface area contributed by atoms with E-state index in [4.69, 9.17) is 4.74 Å². The molecule has 2 rings (SSSR count).